The van der Waals surface area contributed by atoms with E-state index in [1.54, 1.807) is 6.20 Å². The van der Waals surface area contributed by atoms with Gasteiger partial charge in [0.05, 0.1) is 17.6 Å². The number of hydrogen-bond acceptors (Lipinski definition) is 3. The van der Waals surface area contributed by atoms with Crippen LogP contribution in [0.4, 0.5) is 17.1 Å². The van der Waals surface area contributed by atoms with Crippen LogP contribution in [0.15, 0.2) is 48.8 Å². The highest BCUT2D eigenvalue weighted by Crippen LogP contribution is 2.51. The van der Waals surface area contributed by atoms with Crippen LogP contribution in [0.3, 0.4) is 0 Å². The molecule has 3 heteroatoms. The minimum absolute atomic E-state index is 0.119. The molecule has 0 saturated heterocycles. The molecule has 0 aliphatic carbocycles. The third-order valence-electron chi connectivity index (χ3n) is 5.16. The average molecular weight is 358 g/mol. The number of nitrogens with zero attached hydrogens (tertiary/aromatic N) is 2. The Bertz CT molecular complexity index is 1010. The monoisotopic (exact) mass is 358 g/mol. The summed E-state index contributed by atoms with van der Waals surface area (Å²) in [5.74, 6) is 1.72. The summed E-state index contributed by atoms with van der Waals surface area (Å²) >= 11 is 0. The van der Waals surface area contributed by atoms with Crippen molar-refractivity contribution in [3.8, 4) is 11.5 Å². The number of ether oxygens (including phenoxy) is 1. The van der Waals surface area contributed by atoms with Gasteiger partial charge in [-0.15, -0.1) is 0 Å². The van der Waals surface area contributed by atoms with Crippen LogP contribution < -0.4 is 9.64 Å². The third-order valence-corrected chi connectivity index (χ3v) is 5.16. The SMILES string of the molecule is Cc1ccc2c(c1)Oc1ccncc1N2c1c(C)cc(C(C)(C)C)cc1C. The van der Waals surface area contributed by atoms with Crippen molar-refractivity contribution in [3.63, 3.8) is 0 Å². The lowest BCUT2D eigenvalue weighted by molar-refractivity contribution is 0.475. The van der Waals surface area contributed by atoms with E-state index < -0.39 is 0 Å². The van der Waals surface area contributed by atoms with Crippen LogP contribution in [0.25, 0.3) is 0 Å². The molecule has 0 atom stereocenters. The predicted octanol–water partition coefficient (Wildman–Crippen LogP) is 6.88. The van der Waals surface area contributed by atoms with Crippen molar-refractivity contribution in [3.05, 3.63) is 71.0 Å². The zero-order chi connectivity index (χ0) is 19.3. The summed E-state index contributed by atoms with van der Waals surface area (Å²) in [6.45, 7) is 13.2. The van der Waals surface area contributed by atoms with Crippen LogP contribution in [0.1, 0.15) is 43.0 Å². The molecule has 2 heterocycles. The topological polar surface area (TPSA) is 25.4 Å². The molecule has 1 aromatic heterocycles. The molecule has 0 radical (unpaired) electrons. The van der Waals surface area contributed by atoms with Gasteiger partial charge >= 0.3 is 0 Å². The number of rotatable bonds is 1. The Balaban J connectivity index is 1.97. The largest absolute Gasteiger partial charge is 0.453 e. The van der Waals surface area contributed by atoms with Crippen molar-refractivity contribution in [2.24, 2.45) is 0 Å². The van der Waals surface area contributed by atoms with Crippen molar-refractivity contribution >= 4 is 17.1 Å². The lowest BCUT2D eigenvalue weighted by Gasteiger charge is -2.35. The third kappa shape index (κ3) is 2.97. The van der Waals surface area contributed by atoms with Gasteiger partial charge in [-0.25, -0.2) is 0 Å². The molecule has 0 amide bonds. The Hall–Kier alpha value is -2.81. The highest BCUT2D eigenvalue weighted by atomic mass is 16.5. The first-order chi connectivity index (χ1) is 12.8. The number of fused-ring (bicyclic) bond motifs is 2. The van der Waals surface area contributed by atoms with Crippen molar-refractivity contribution < 1.29 is 4.74 Å². The molecular weight excluding hydrogens is 332 g/mol. The van der Waals surface area contributed by atoms with Gasteiger partial charge in [0.2, 0.25) is 0 Å². The van der Waals surface area contributed by atoms with E-state index in [0.717, 1.165) is 22.9 Å². The van der Waals surface area contributed by atoms with E-state index in [9.17, 15) is 0 Å². The van der Waals surface area contributed by atoms with E-state index in [4.69, 9.17) is 4.74 Å². The molecular formula is C24H26N2O. The second kappa shape index (κ2) is 6.12. The Kier molecular flexibility index (Phi) is 3.99. The van der Waals surface area contributed by atoms with Crippen molar-refractivity contribution in [1.29, 1.82) is 0 Å². The Morgan fingerprint density at radius 3 is 2.22 bits per heavy atom. The summed E-state index contributed by atoms with van der Waals surface area (Å²) in [6.07, 6.45) is 3.66. The molecule has 4 rings (SSSR count). The molecule has 0 unspecified atom stereocenters. The Labute approximate surface area is 161 Å². The number of aromatic nitrogens is 1. The molecule has 0 fully saturated rings. The van der Waals surface area contributed by atoms with Gasteiger partial charge in [0.25, 0.3) is 0 Å². The maximum atomic E-state index is 6.19. The fourth-order valence-electron chi connectivity index (χ4n) is 3.75. The van der Waals surface area contributed by atoms with E-state index in [2.05, 4.69) is 81.8 Å². The van der Waals surface area contributed by atoms with Crippen molar-refractivity contribution in [2.45, 2.75) is 47.0 Å². The number of pyridine rings is 1. The number of benzene rings is 2. The minimum Gasteiger partial charge on any atom is -0.453 e. The molecule has 2 aromatic carbocycles. The molecule has 0 N–H and O–H groups in total. The molecule has 138 valence electrons. The maximum absolute atomic E-state index is 6.19. The van der Waals surface area contributed by atoms with Gasteiger partial charge in [-0.05, 0) is 60.6 Å². The van der Waals surface area contributed by atoms with Gasteiger partial charge in [0.1, 0.15) is 5.69 Å². The fraction of sp³-hybridized carbons (Fsp3) is 0.292. The fourth-order valence-corrected chi connectivity index (χ4v) is 3.75. The minimum atomic E-state index is 0.119. The summed E-state index contributed by atoms with van der Waals surface area (Å²) in [5.41, 5.74) is 8.39. The van der Waals surface area contributed by atoms with Crippen LogP contribution in [-0.4, -0.2) is 4.98 Å². The van der Waals surface area contributed by atoms with Crippen molar-refractivity contribution in [1.82, 2.24) is 4.98 Å². The zero-order valence-corrected chi connectivity index (χ0v) is 16.9. The summed E-state index contributed by atoms with van der Waals surface area (Å²) in [5, 5.41) is 0. The number of anilines is 3. The first-order valence-corrected chi connectivity index (χ1v) is 9.40. The molecule has 0 spiro atoms. The summed E-state index contributed by atoms with van der Waals surface area (Å²) in [6, 6.07) is 12.9. The van der Waals surface area contributed by atoms with Gasteiger partial charge in [-0.2, -0.15) is 0 Å². The van der Waals surface area contributed by atoms with Gasteiger partial charge in [0.15, 0.2) is 11.5 Å². The van der Waals surface area contributed by atoms with E-state index >= 15 is 0 Å². The second-order valence-electron chi connectivity index (χ2n) is 8.46. The number of hydrogen-bond donors (Lipinski definition) is 0. The zero-order valence-electron chi connectivity index (χ0n) is 16.9. The Morgan fingerprint density at radius 1 is 0.852 bits per heavy atom. The lowest BCUT2D eigenvalue weighted by atomic mass is 9.84. The van der Waals surface area contributed by atoms with E-state index in [1.165, 1.54) is 27.9 Å². The molecule has 0 saturated carbocycles. The first-order valence-electron chi connectivity index (χ1n) is 9.40. The van der Waals surface area contributed by atoms with E-state index in [-0.39, 0.29) is 5.41 Å². The standard InChI is InChI=1S/C24H26N2O/c1-15-7-8-19-22(11-15)27-21-9-10-25-14-20(21)26(19)23-16(2)12-18(13-17(23)3)24(4,5)6/h7-14H,1-6H3. The molecule has 0 bridgehead atoms. The quantitative estimate of drug-likeness (QED) is 0.371. The average Bonchev–Trinajstić information content (AvgIpc) is 2.59. The van der Waals surface area contributed by atoms with Gasteiger partial charge in [-0.1, -0.05) is 39.0 Å². The first kappa shape index (κ1) is 17.6. The van der Waals surface area contributed by atoms with Crippen molar-refractivity contribution in [2.75, 3.05) is 4.90 Å². The van der Waals surface area contributed by atoms with Gasteiger partial charge in [0, 0.05) is 12.3 Å². The maximum Gasteiger partial charge on any atom is 0.154 e. The lowest BCUT2D eigenvalue weighted by Crippen LogP contribution is -2.19. The van der Waals surface area contributed by atoms with E-state index in [1.807, 2.05) is 12.3 Å². The molecule has 1 aliphatic heterocycles. The summed E-state index contributed by atoms with van der Waals surface area (Å²) in [4.78, 5) is 6.65. The highest BCUT2D eigenvalue weighted by molar-refractivity contribution is 5.88. The summed E-state index contributed by atoms with van der Waals surface area (Å²) < 4.78 is 6.19. The molecule has 27 heavy (non-hydrogen) atoms. The van der Waals surface area contributed by atoms with Crippen LogP contribution in [-0.2, 0) is 5.41 Å². The van der Waals surface area contributed by atoms with E-state index in [0.29, 0.717) is 0 Å². The number of aryl methyl sites for hydroxylation is 3. The molecule has 1 aliphatic rings. The normalized spacial score (nSPS) is 13.0. The molecule has 3 nitrogen and oxygen atoms in total. The van der Waals surface area contributed by atoms with Crippen LogP contribution in [0, 0.1) is 20.8 Å². The predicted molar refractivity (Wildman–Crippen MR) is 112 cm³/mol. The van der Waals surface area contributed by atoms with Crippen LogP contribution in [0.2, 0.25) is 0 Å². The van der Waals surface area contributed by atoms with Crippen LogP contribution >= 0.6 is 0 Å². The Morgan fingerprint density at radius 2 is 1.56 bits per heavy atom. The molecule has 3 aromatic rings. The summed E-state index contributed by atoms with van der Waals surface area (Å²) in [7, 11) is 0. The highest BCUT2D eigenvalue weighted by Gasteiger charge is 2.29. The van der Waals surface area contributed by atoms with Gasteiger partial charge in [-0.3, -0.25) is 4.98 Å². The van der Waals surface area contributed by atoms with Crippen LogP contribution in [0.5, 0.6) is 11.5 Å². The smallest absolute Gasteiger partial charge is 0.154 e. The second-order valence-corrected chi connectivity index (χ2v) is 8.46. The van der Waals surface area contributed by atoms with Gasteiger partial charge < -0.3 is 9.64 Å².